The van der Waals surface area contributed by atoms with Crippen molar-refractivity contribution < 1.29 is 0 Å². The Labute approximate surface area is 149 Å². The van der Waals surface area contributed by atoms with Crippen molar-refractivity contribution >= 4 is 34.2 Å². The van der Waals surface area contributed by atoms with Crippen LogP contribution < -0.4 is 0 Å². The van der Waals surface area contributed by atoms with E-state index in [9.17, 15) is 0 Å². The van der Waals surface area contributed by atoms with Crippen LogP contribution in [0.2, 0.25) is 5.15 Å². The Morgan fingerprint density at radius 2 is 1.57 bits per heavy atom. The van der Waals surface area contributed by atoms with Gasteiger partial charge in [0.05, 0.1) is 6.33 Å². The molecule has 0 amide bonds. The Kier molecular flexibility index (Phi) is 9.26. The van der Waals surface area contributed by atoms with Crippen molar-refractivity contribution in [2.75, 3.05) is 0 Å². The smallest absolute Gasteiger partial charge is 0.142 e. The largest absolute Gasteiger partial charge is 0.315 e. The average Bonchev–Trinajstić information content (AvgIpc) is 2.80. The summed E-state index contributed by atoms with van der Waals surface area (Å²) in [4.78, 5) is 4.39. The first-order chi connectivity index (χ1) is 10.0. The summed E-state index contributed by atoms with van der Waals surface area (Å²) in [6, 6.07) is 0. The van der Waals surface area contributed by atoms with Gasteiger partial charge in [0.25, 0.3) is 0 Å². The van der Waals surface area contributed by atoms with Gasteiger partial charge in [-0.3, -0.25) is 0 Å². The SMILES string of the molecule is CCCCCCCC(C)(CCCCC)n1cnc(I)c1Cl. The molecule has 0 spiro atoms. The molecule has 0 aromatic carbocycles. The number of unbranched alkanes of at least 4 members (excludes halogenated alkanes) is 6. The van der Waals surface area contributed by atoms with Gasteiger partial charge in [-0.2, -0.15) is 0 Å². The number of imidazole rings is 1. The van der Waals surface area contributed by atoms with Gasteiger partial charge in [0.15, 0.2) is 0 Å². The second-order valence-corrected chi connectivity index (χ2v) is 7.69. The molecule has 21 heavy (non-hydrogen) atoms. The molecule has 0 radical (unpaired) electrons. The topological polar surface area (TPSA) is 17.8 Å². The lowest BCUT2D eigenvalue weighted by Crippen LogP contribution is -2.30. The summed E-state index contributed by atoms with van der Waals surface area (Å²) >= 11 is 8.68. The van der Waals surface area contributed by atoms with Crippen molar-refractivity contribution in [2.45, 2.75) is 90.5 Å². The molecule has 0 saturated heterocycles. The van der Waals surface area contributed by atoms with Crippen LogP contribution in [0.4, 0.5) is 0 Å². The molecule has 0 bridgehead atoms. The molecule has 0 aliphatic carbocycles. The van der Waals surface area contributed by atoms with Crippen molar-refractivity contribution in [1.82, 2.24) is 9.55 Å². The van der Waals surface area contributed by atoms with E-state index in [0.717, 1.165) is 8.85 Å². The van der Waals surface area contributed by atoms with Crippen LogP contribution in [-0.2, 0) is 5.54 Å². The summed E-state index contributed by atoms with van der Waals surface area (Å²) in [5.41, 5.74) is 0.120. The Balaban J connectivity index is 2.67. The Morgan fingerprint density at radius 3 is 2.10 bits per heavy atom. The van der Waals surface area contributed by atoms with Gasteiger partial charge in [0.1, 0.15) is 8.85 Å². The van der Waals surface area contributed by atoms with Crippen molar-refractivity contribution in [1.29, 1.82) is 0 Å². The van der Waals surface area contributed by atoms with Gasteiger partial charge in [0, 0.05) is 5.54 Å². The maximum absolute atomic E-state index is 6.46. The third-order valence-corrected chi connectivity index (χ3v) is 5.86. The molecule has 1 rings (SSSR count). The fraction of sp³-hybridized carbons (Fsp3) is 0.824. The molecule has 1 heterocycles. The van der Waals surface area contributed by atoms with Gasteiger partial charge in [-0.05, 0) is 42.4 Å². The van der Waals surface area contributed by atoms with Crippen molar-refractivity contribution in [2.24, 2.45) is 0 Å². The third-order valence-electron chi connectivity index (χ3n) is 4.39. The Bertz CT molecular complexity index is 405. The monoisotopic (exact) mass is 424 g/mol. The molecule has 122 valence electrons. The molecule has 1 atom stereocenters. The quantitative estimate of drug-likeness (QED) is 0.282. The molecule has 0 saturated carbocycles. The molecule has 0 aliphatic rings. The van der Waals surface area contributed by atoms with Gasteiger partial charge in [-0.15, -0.1) is 0 Å². The molecule has 4 heteroatoms. The lowest BCUT2D eigenvalue weighted by Gasteiger charge is -2.32. The minimum Gasteiger partial charge on any atom is -0.315 e. The number of nitrogens with zero attached hydrogens (tertiary/aromatic N) is 2. The summed E-state index contributed by atoms with van der Waals surface area (Å²) in [5, 5.41) is 0.808. The highest BCUT2D eigenvalue weighted by molar-refractivity contribution is 14.1. The van der Waals surface area contributed by atoms with Crippen molar-refractivity contribution in [3.8, 4) is 0 Å². The predicted molar refractivity (Wildman–Crippen MR) is 101 cm³/mol. The Hall–Kier alpha value is 0.230. The normalized spacial score (nSPS) is 14.3. The van der Waals surface area contributed by atoms with Crippen LogP contribution in [0.5, 0.6) is 0 Å². The van der Waals surface area contributed by atoms with Crippen LogP contribution in [0.1, 0.15) is 85.0 Å². The second kappa shape index (κ2) is 10.1. The van der Waals surface area contributed by atoms with Crippen molar-refractivity contribution in [3.63, 3.8) is 0 Å². The standard InChI is InChI=1S/C17H30ClIN2/c1-4-6-8-9-11-13-17(3,12-10-7-5-2)21-14-20-16(19)15(21)18/h14H,4-13H2,1-3H3. The fourth-order valence-electron chi connectivity index (χ4n) is 2.92. The fourth-order valence-corrected chi connectivity index (χ4v) is 3.60. The lowest BCUT2D eigenvalue weighted by molar-refractivity contribution is 0.251. The summed E-state index contributed by atoms with van der Waals surface area (Å²) in [5.74, 6) is 0. The maximum Gasteiger partial charge on any atom is 0.142 e. The minimum atomic E-state index is 0.120. The summed E-state index contributed by atoms with van der Waals surface area (Å²) in [7, 11) is 0. The summed E-state index contributed by atoms with van der Waals surface area (Å²) in [6.45, 7) is 6.88. The highest BCUT2D eigenvalue weighted by Gasteiger charge is 2.28. The van der Waals surface area contributed by atoms with Crippen LogP contribution in [-0.4, -0.2) is 9.55 Å². The van der Waals surface area contributed by atoms with E-state index in [2.05, 4.69) is 52.9 Å². The Morgan fingerprint density at radius 1 is 1.05 bits per heavy atom. The summed E-state index contributed by atoms with van der Waals surface area (Å²) < 4.78 is 3.13. The summed E-state index contributed by atoms with van der Waals surface area (Å²) in [6.07, 6.45) is 14.8. The first kappa shape index (κ1) is 19.3. The molecule has 0 aliphatic heterocycles. The highest BCUT2D eigenvalue weighted by Crippen LogP contribution is 2.34. The van der Waals surface area contributed by atoms with Crippen LogP contribution in [0.25, 0.3) is 0 Å². The molecule has 0 N–H and O–H groups in total. The van der Waals surface area contributed by atoms with Crippen molar-refractivity contribution in [3.05, 3.63) is 15.2 Å². The average molecular weight is 425 g/mol. The van der Waals surface area contributed by atoms with E-state index in [0.29, 0.717) is 0 Å². The molecule has 2 nitrogen and oxygen atoms in total. The molecular formula is C17H30ClIN2. The van der Waals surface area contributed by atoms with E-state index in [1.807, 2.05) is 6.33 Å². The first-order valence-corrected chi connectivity index (χ1v) is 9.89. The number of aromatic nitrogens is 2. The zero-order chi connectivity index (χ0) is 15.7. The van der Waals surface area contributed by atoms with Gasteiger partial charge >= 0.3 is 0 Å². The van der Waals surface area contributed by atoms with Gasteiger partial charge in [-0.1, -0.05) is 76.8 Å². The number of rotatable bonds is 11. The molecule has 1 unspecified atom stereocenters. The van der Waals surface area contributed by atoms with Gasteiger partial charge < -0.3 is 4.57 Å². The van der Waals surface area contributed by atoms with Gasteiger partial charge in [-0.25, -0.2) is 4.98 Å². The van der Waals surface area contributed by atoms with E-state index in [4.69, 9.17) is 11.6 Å². The van der Waals surface area contributed by atoms with E-state index >= 15 is 0 Å². The molecular weight excluding hydrogens is 395 g/mol. The van der Waals surface area contributed by atoms with Gasteiger partial charge in [0.2, 0.25) is 0 Å². The zero-order valence-electron chi connectivity index (χ0n) is 13.8. The molecule has 1 aromatic heterocycles. The van der Waals surface area contributed by atoms with E-state index in [1.54, 1.807) is 0 Å². The minimum absolute atomic E-state index is 0.120. The molecule has 1 aromatic rings. The zero-order valence-corrected chi connectivity index (χ0v) is 16.7. The number of hydrogen-bond acceptors (Lipinski definition) is 1. The number of hydrogen-bond donors (Lipinski definition) is 0. The predicted octanol–water partition coefficient (Wildman–Crippen LogP) is 6.80. The van der Waals surface area contributed by atoms with Crippen LogP contribution in [0, 0.1) is 3.70 Å². The molecule has 0 fully saturated rings. The van der Waals surface area contributed by atoms with Crippen LogP contribution in [0.15, 0.2) is 6.33 Å². The second-order valence-electron chi connectivity index (χ2n) is 6.31. The maximum atomic E-state index is 6.46. The lowest BCUT2D eigenvalue weighted by atomic mass is 9.88. The highest BCUT2D eigenvalue weighted by atomic mass is 127. The van der Waals surface area contributed by atoms with E-state index in [-0.39, 0.29) is 5.54 Å². The first-order valence-electron chi connectivity index (χ1n) is 8.44. The van der Waals surface area contributed by atoms with E-state index in [1.165, 1.54) is 64.2 Å². The third kappa shape index (κ3) is 6.09. The van der Waals surface area contributed by atoms with Crippen LogP contribution in [0.3, 0.4) is 0 Å². The number of halogens is 2. The van der Waals surface area contributed by atoms with E-state index < -0.39 is 0 Å². The van der Waals surface area contributed by atoms with Crippen LogP contribution >= 0.6 is 34.2 Å².